The lowest BCUT2D eigenvalue weighted by atomic mass is 10.1. The first kappa shape index (κ1) is 27.4. The van der Waals surface area contributed by atoms with Gasteiger partial charge in [-0.3, -0.25) is 14.9 Å². The van der Waals surface area contributed by atoms with Crippen LogP contribution in [-0.4, -0.2) is 31.1 Å². The monoisotopic (exact) mass is 642 g/mol. The number of nitrogens with one attached hydrogen (secondary N) is 1. The molecular weight excluding hydrogens is 620 g/mol. The number of carbonyl (C=O) groups is 3. The van der Waals surface area contributed by atoms with Crippen molar-refractivity contribution in [1.82, 2.24) is 5.32 Å². The van der Waals surface area contributed by atoms with Crippen LogP contribution in [0.1, 0.15) is 25.0 Å². The SMILES string of the molecule is COc1cc(/C=C2\C(=O)NC(=O)N(c3ccc(OCc4ccc(Br)cc4)cc3)C2=O)cc(Br)c1OC(C)C. The lowest BCUT2D eigenvalue weighted by Gasteiger charge is -2.26. The molecule has 0 saturated carbocycles. The van der Waals surface area contributed by atoms with Crippen LogP contribution < -0.4 is 24.4 Å². The fourth-order valence-corrected chi connectivity index (χ4v) is 4.49. The Morgan fingerprint density at radius 2 is 1.66 bits per heavy atom. The molecule has 1 saturated heterocycles. The third-order valence-corrected chi connectivity index (χ3v) is 6.55. The Balaban J connectivity index is 1.56. The zero-order valence-electron chi connectivity index (χ0n) is 20.8. The first-order valence-electron chi connectivity index (χ1n) is 11.6. The summed E-state index contributed by atoms with van der Waals surface area (Å²) in [5.41, 5.74) is 1.59. The van der Waals surface area contributed by atoms with Gasteiger partial charge < -0.3 is 14.2 Å². The number of hydrogen-bond donors (Lipinski definition) is 1. The quantitative estimate of drug-likeness (QED) is 0.230. The van der Waals surface area contributed by atoms with Crippen LogP contribution in [0.15, 0.2) is 75.2 Å². The van der Waals surface area contributed by atoms with E-state index in [0.717, 1.165) is 14.9 Å². The van der Waals surface area contributed by atoms with Gasteiger partial charge in [0.1, 0.15) is 17.9 Å². The van der Waals surface area contributed by atoms with E-state index in [-0.39, 0.29) is 11.7 Å². The van der Waals surface area contributed by atoms with Gasteiger partial charge in [0.2, 0.25) is 0 Å². The van der Waals surface area contributed by atoms with Gasteiger partial charge in [0.05, 0.1) is 23.4 Å². The molecule has 3 aromatic carbocycles. The molecule has 4 amide bonds. The minimum Gasteiger partial charge on any atom is -0.493 e. The van der Waals surface area contributed by atoms with Crippen molar-refractivity contribution in [3.63, 3.8) is 0 Å². The summed E-state index contributed by atoms with van der Waals surface area (Å²) in [4.78, 5) is 39.4. The fraction of sp³-hybridized carbons (Fsp3) is 0.179. The van der Waals surface area contributed by atoms with Crippen LogP contribution >= 0.6 is 31.9 Å². The summed E-state index contributed by atoms with van der Waals surface area (Å²) in [6.45, 7) is 4.14. The van der Waals surface area contributed by atoms with Crippen molar-refractivity contribution in [3.05, 3.63) is 86.3 Å². The lowest BCUT2D eigenvalue weighted by Crippen LogP contribution is -2.54. The summed E-state index contributed by atoms with van der Waals surface area (Å²) in [5.74, 6) is -0.0456. The van der Waals surface area contributed by atoms with Gasteiger partial charge >= 0.3 is 6.03 Å². The molecule has 1 aliphatic heterocycles. The number of halogens is 2. The van der Waals surface area contributed by atoms with E-state index in [1.807, 2.05) is 38.1 Å². The number of imide groups is 2. The van der Waals surface area contributed by atoms with Gasteiger partial charge in [0.15, 0.2) is 11.5 Å². The summed E-state index contributed by atoms with van der Waals surface area (Å²) in [6, 6.07) is 16.7. The molecule has 0 aliphatic carbocycles. The van der Waals surface area contributed by atoms with E-state index >= 15 is 0 Å². The Bertz CT molecular complexity index is 1400. The number of benzene rings is 3. The summed E-state index contributed by atoms with van der Waals surface area (Å²) in [7, 11) is 1.50. The van der Waals surface area contributed by atoms with Gasteiger partial charge in [-0.15, -0.1) is 0 Å². The van der Waals surface area contributed by atoms with Gasteiger partial charge in [0, 0.05) is 4.47 Å². The molecular formula is C28H24Br2N2O6. The number of methoxy groups -OCH3 is 1. The molecule has 0 bridgehead atoms. The van der Waals surface area contributed by atoms with Crippen LogP contribution in [0, 0.1) is 0 Å². The second-order valence-corrected chi connectivity index (χ2v) is 10.3. The minimum absolute atomic E-state index is 0.0905. The number of ether oxygens (including phenoxy) is 3. The molecule has 0 radical (unpaired) electrons. The highest BCUT2D eigenvalue weighted by atomic mass is 79.9. The highest BCUT2D eigenvalue weighted by Crippen LogP contribution is 2.38. The second kappa shape index (κ2) is 11.8. The third kappa shape index (κ3) is 6.25. The van der Waals surface area contributed by atoms with Crippen LogP contribution in [0.5, 0.6) is 17.2 Å². The summed E-state index contributed by atoms with van der Waals surface area (Å²) in [6.07, 6.45) is 1.31. The Hall–Kier alpha value is -3.63. The topological polar surface area (TPSA) is 94.2 Å². The van der Waals surface area contributed by atoms with E-state index in [4.69, 9.17) is 14.2 Å². The van der Waals surface area contributed by atoms with Crippen molar-refractivity contribution < 1.29 is 28.6 Å². The van der Waals surface area contributed by atoms with E-state index in [2.05, 4.69) is 37.2 Å². The fourth-order valence-electron chi connectivity index (χ4n) is 3.67. The number of hydrogen-bond acceptors (Lipinski definition) is 6. The molecule has 3 aromatic rings. The van der Waals surface area contributed by atoms with Crippen molar-refractivity contribution in [1.29, 1.82) is 0 Å². The predicted octanol–water partition coefficient (Wildman–Crippen LogP) is 6.25. The highest BCUT2D eigenvalue weighted by Gasteiger charge is 2.37. The number of barbiturate groups is 1. The average molecular weight is 644 g/mol. The van der Waals surface area contributed by atoms with E-state index in [1.54, 1.807) is 36.4 Å². The van der Waals surface area contributed by atoms with Crippen molar-refractivity contribution in [2.45, 2.75) is 26.6 Å². The first-order valence-corrected chi connectivity index (χ1v) is 13.2. The number of rotatable bonds is 8. The minimum atomic E-state index is -0.833. The molecule has 1 aliphatic rings. The first-order chi connectivity index (χ1) is 18.2. The Labute approximate surface area is 236 Å². The molecule has 10 heteroatoms. The smallest absolute Gasteiger partial charge is 0.335 e. The Morgan fingerprint density at radius 1 is 0.974 bits per heavy atom. The van der Waals surface area contributed by atoms with E-state index in [9.17, 15) is 14.4 Å². The number of carbonyl (C=O) groups excluding carboxylic acids is 3. The molecule has 38 heavy (non-hydrogen) atoms. The molecule has 1 fully saturated rings. The Kier molecular flexibility index (Phi) is 8.53. The standard InChI is InChI=1S/C28H24Br2N2O6/c1-16(2)38-25-23(30)13-18(14-24(25)36-3)12-22-26(33)31-28(35)32(27(22)34)20-8-10-21(11-9-20)37-15-17-4-6-19(29)7-5-17/h4-14,16H,15H2,1-3H3,(H,31,33,35)/b22-12+. The van der Waals surface area contributed by atoms with E-state index < -0.39 is 17.8 Å². The summed E-state index contributed by atoms with van der Waals surface area (Å²) >= 11 is 6.86. The molecule has 0 aromatic heterocycles. The van der Waals surface area contributed by atoms with Gasteiger partial charge in [0.25, 0.3) is 11.8 Å². The summed E-state index contributed by atoms with van der Waals surface area (Å²) < 4.78 is 18.6. The maximum atomic E-state index is 13.3. The normalized spacial score (nSPS) is 14.6. The number of nitrogens with zero attached hydrogens (tertiary/aromatic N) is 1. The maximum Gasteiger partial charge on any atom is 0.335 e. The molecule has 0 spiro atoms. The van der Waals surface area contributed by atoms with Gasteiger partial charge in [-0.1, -0.05) is 28.1 Å². The molecule has 1 heterocycles. The zero-order valence-corrected chi connectivity index (χ0v) is 24.0. The zero-order chi connectivity index (χ0) is 27.4. The Morgan fingerprint density at radius 3 is 2.29 bits per heavy atom. The second-order valence-electron chi connectivity index (χ2n) is 8.57. The number of amides is 4. The van der Waals surface area contributed by atoms with Crippen LogP contribution in [0.4, 0.5) is 10.5 Å². The molecule has 196 valence electrons. The van der Waals surface area contributed by atoms with E-state index in [0.29, 0.717) is 39.6 Å². The van der Waals surface area contributed by atoms with Crippen LogP contribution in [-0.2, 0) is 16.2 Å². The molecule has 1 N–H and O–H groups in total. The van der Waals surface area contributed by atoms with Gasteiger partial charge in [-0.2, -0.15) is 0 Å². The van der Waals surface area contributed by atoms with Crippen molar-refractivity contribution in [2.24, 2.45) is 0 Å². The average Bonchev–Trinajstić information content (AvgIpc) is 2.88. The third-order valence-electron chi connectivity index (χ3n) is 5.43. The van der Waals surface area contributed by atoms with Crippen molar-refractivity contribution in [2.75, 3.05) is 12.0 Å². The van der Waals surface area contributed by atoms with Gasteiger partial charge in [-0.25, -0.2) is 9.69 Å². The van der Waals surface area contributed by atoms with Crippen LogP contribution in [0.3, 0.4) is 0 Å². The number of urea groups is 1. The predicted molar refractivity (Wildman–Crippen MR) is 150 cm³/mol. The van der Waals surface area contributed by atoms with Crippen LogP contribution in [0.2, 0.25) is 0 Å². The lowest BCUT2D eigenvalue weighted by molar-refractivity contribution is -0.122. The van der Waals surface area contributed by atoms with E-state index in [1.165, 1.54) is 13.2 Å². The van der Waals surface area contributed by atoms with Crippen molar-refractivity contribution >= 4 is 61.5 Å². The largest absolute Gasteiger partial charge is 0.493 e. The van der Waals surface area contributed by atoms with Crippen molar-refractivity contribution in [3.8, 4) is 17.2 Å². The van der Waals surface area contributed by atoms with Gasteiger partial charge in [-0.05, 0) is 95.5 Å². The molecule has 0 atom stereocenters. The molecule has 0 unspecified atom stereocenters. The molecule has 8 nitrogen and oxygen atoms in total. The summed E-state index contributed by atoms with van der Waals surface area (Å²) in [5, 5.41) is 2.23. The number of anilines is 1. The molecule has 4 rings (SSSR count). The highest BCUT2D eigenvalue weighted by molar-refractivity contribution is 9.10. The maximum absolute atomic E-state index is 13.3. The van der Waals surface area contributed by atoms with Crippen LogP contribution in [0.25, 0.3) is 6.08 Å².